The van der Waals surface area contributed by atoms with E-state index in [2.05, 4.69) is 15.0 Å². The van der Waals surface area contributed by atoms with Gasteiger partial charge in [0.25, 0.3) is 0 Å². The Morgan fingerprint density at radius 2 is 2.14 bits per heavy atom. The first kappa shape index (κ1) is 14.2. The summed E-state index contributed by atoms with van der Waals surface area (Å²) >= 11 is 0. The Morgan fingerprint density at radius 3 is 2.86 bits per heavy atom. The van der Waals surface area contributed by atoms with E-state index in [9.17, 15) is 9.50 Å². The van der Waals surface area contributed by atoms with E-state index in [0.717, 1.165) is 31.5 Å². The van der Waals surface area contributed by atoms with Crippen molar-refractivity contribution in [1.29, 1.82) is 0 Å². The number of hydrogen-bond acceptors (Lipinski definition) is 4. The second kappa shape index (κ2) is 6.32. The van der Waals surface area contributed by atoms with Crippen LogP contribution in [0.3, 0.4) is 0 Å². The topological polar surface area (TPSA) is 54.2 Å². The van der Waals surface area contributed by atoms with Gasteiger partial charge in [-0.1, -0.05) is 12.1 Å². The van der Waals surface area contributed by atoms with E-state index < -0.39 is 6.10 Å². The summed E-state index contributed by atoms with van der Waals surface area (Å²) in [6.45, 7) is 2.32. The highest BCUT2D eigenvalue weighted by atomic mass is 19.1. The lowest BCUT2D eigenvalue weighted by Crippen LogP contribution is -2.36. The Labute approximate surface area is 123 Å². The molecule has 112 valence electrons. The third-order valence-electron chi connectivity index (χ3n) is 4.03. The summed E-state index contributed by atoms with van der Waals surface area (Å²) in [6.07, 6.45) is 4.87. The molecule has 0 bridgehead atoms. The standard InChI is InChI=1S/C15H19FN4O/c16-13-5-3-12(4-6-13)15(21)9-19-7-1-2-14(19)8-20-11-17-10-18-20/h3-6,10-11,14-15,21H,1-2,7-9H2/t14-,15+/m0/s1. The first-order valence-corrected chi connectivity index (χ1v) is 7.22. The maximum Gasteiger partial charge on any atom is 0.137 e. The van der Waals surface area contributed by atoms with Gasteiger partial charge in [-0.3, -0.25) is 9.58 Å². The van der Waals surface area contributed by atoms with Crippen molar-refractivity contribution in [1.82, 2.24) is 19.7 Å². The van der Waals surface area contributed by atoms with Crippen molar-refractivity contribution in [2.75, 3.05) is 13.1 Å². The number of aliphatic hydroxyl groups is 1. The second-order valence-electron chi connectivity index (χ2n) is 5.48. The van der Waals surface area contributed by atoms with Crippen molar-refractivity contribution in [3.8, 4) is 0 Å². The highest BCUT2D eigenvalue weighted by molar-refractivity contribution is 5.18. The highest BCUT2D eigenvalue weighted by Gasteiger charge is 2.27. The molecule has 1 N–H and O–H groups in total. The first-order chi connectivity index (χ1) is 10.2. The molecule has 1 aliphatic heterocycles. The van der Waals surface area contributed by atoms with Gasteiger partial charge in [0, 0.05) is 12.6 Å². The van der Waals surface area contributed by atoms with Crippen LogP contribution >= 0.6 is 0 Å². The highest BCUT2D eigenvalue weighted by Crippen LogP contribution is 2.23. The maximum atomic E-state index is 12.9. The van der Waals surface area contributed by atoms with Gasteiger partial charge in [0.2, 0.25) is 0 Å². The van der Waals surface area contributed by atoms with E-state index >= 15 is 0 Å². The number of likely N-dealkylation sites (tertiary alicyclic amines) is 1. The molecule has 0 amide bonds. The quantitative estimate of drug-likeness (QED) is 0.909. The van der Waals surface area contributed by atoms with Crippen molar-refractivity contribution < 1.29 is 9.50 Å². The summed E-state index contributed by atoms with van der Waals surface area (Å²) in [4.78, 5) is 6.23. The number of benzene rings is 1. The Balaban J connectivity index is 1.61. The van der Waals surface area contributed by atoms with Gasteiger partial charge < -0.3 is 5.11 Å². The largest absolute Gasteiger partial charge is 0.387 e. The van der Waals surface area contributed by atoms with Gasteiger partial charge in [-0.15, -0.1) is 0 Å². The molecular formula is C15H19FN4O. The molecule has 1 aromatic carbocycles. The Bertz CT molecular complexity index is 558. The molecule has 0 aliphatic carbocycles. The average molecular weight is 290 g/mol. The zero-order chi connectivity index (χ0) is 14.7. The summed E-state index contributed by atoms with van der Waals surface area (Å²) in [6, 6.07) is 6.41. The van der Waals surface area contributed by atoms with Gasteiger partial charge >= 0.3 is 0 Å². The van der Waals surface area contributed by atoms with Crippen LogP contribution in [0, 0.1) is 5.82 Å². The minimum Gasteiger partial charge on any atom is -0.387 e. The van der Waals surface area contributed by atoms with E-state index in [4.69, 9.17) is 0 Å². The molecule has 2 atom stereocenters. The van der Waals surface area contributed by atoms with Crippen LogP contribution in [0.25, 0.3) is 0 Å². The van der Waals surface area contributed by atoms with Crippen LogP contribution in [0.5, 0.6) is 0 Å². The van der Waals surface area contributed by atoms with Crippen LogP contribution in [-0.4, -0.2) is 43.9 Å². The number of hydrogen-bond donors (Lipinski definition) is 1. The van der Waals surface area contributed by atoms with Crippen LogP contribution in [-0.2, 0) is 6.54 Å². The zero-order valence-electron chi connectivity index (χ0n) is 11.8. The molecule has 3 rings (SSSR count). The molecule has 6 heteroatoms. The predicted molar refractivity (Wildman–Crippen MR) is 76.0 cm³/mol. The minimum atomic E-state index is -0.595. The van der Waals surface area contributed by atoms with Gasteiger partial charge in [-0.2, -0.15) is 5.10 Å². The summed E-state index contributed by atoms with van der Waals surface area (Å²) in [7, 11) is 0. The van der Waals surface area contributed by atoms with Crippen LogP contribution in [0.4, 0.5) is 4.39 Å². The lowest BCUT2D eigenvalue weighted by atomic mass is 10.1. The van der Waals surface area contributed by atoms with Crippen LogP contribution in [0.15, 0.2) is 36.9 Å². The minimum absolute atomic E-state index is 0.281. The molecule has 0 radical (unpaired) electrons. The number of β-amino-alcohol motifs (C(OH)–C–C–N with tert-alkyl or cyclic N) is 1. The monoisotopic (exact) mass is 290 g/mol. The SMILES string of the molecule is O[C@H](CN1CCC[C@H]1Cn1cncn1)c1ccc(F)cc1. The van der Waals surface area contributed by atoms with Gasteiger partial charge in [-0.25, -0.2) is 9.37 Å². The van der Waals surface area contributed by atoms with Gasteiger partial charge in [0.15, 0.2) is 0 Å². The lowest BCUT2D eigenvalue weighted by Gasteiger charge is -2.26. The maximum absolute atomic E-state index is 12.9. The molecule has 1 aliphatic rings. The number of halogens is 1. The Kier molecular flexibility index (Phi) is 4.26. The number of aromatic nitrogens is 3. The third-order valence-corrected chi connectivity index (χ3v) is 4.03. The number of aliphatic hydroxyl groups excluding tert-OH is 1. The van der Waals surface area contributed by atoms with E-state index in [1.807, 2.05) is 4.68 Å². The van der Waals surface area contributed by atoms with E-state index in [0.29, 0.717) is 12.6 Å². The molecule has 1 fully saturated rings. The van der Waals surface area contributed by atoms with Gasteiger partial charge in [0.1, 0.15) is 18.5 Å². The smallest absolute Gasteiger partial charge is 0.137 e. The predicted octanol–water partition coefficient (Wildman–Crippen LogP) is 1.62. The fourth-order valence-corrected chi connectivity index (χ4v) is 2.90. The summed E-state index contributed by atoms with van der Waals surface area (Å²) in [5.74, 6) is -0.281. The van der Waals surface area contributed by atoms with E-state index in [-0.39, 0.29) is 5.82 Å². The fraction of sp³-hybridized carbons (Fsp3) is 0.467. The van der Waals surface area contributed by atoms with Gasteiger partial charge in [0.05, 0.1) is 12.6 Å². The van der Waals surface area contributed by atoms with Gasteiger partial charge in [-0.05, 0) is 37.1 Å². The number of nitrogens with zero attached hydrogens (tertiary/aromatic N) is 4. The van der Waals surface area contributed by atoms with Crippen molar-refractivity contribution in [3.05, 3.63) is 48.3 Å². The zero-order valence-corrected chi connectivity index (χ0v) is 11.8. The molecular weight excluding hydrogens is 271 g/mol. The van der Waals surface area contributed by atoms with Crippen LogP contribution < -0.4 is 0 Å². The summed E-state index contributed by atoms with van der Waals surface area (Å²) in [5.41, 5.74) is 0.753. The van der Waals surface area contributed by atoms with E-state index in [1.165, 1.54) is 18.5 Å². The van der Waals surface area contributed by atoms with Crippen molar-refractivity contribution in [2.24, 2.45) is 0 Å². The Morgan fingerprint density at radius 1 is 1.33 bits per heavy atom. The van der Waals surface area contributed by atoms with E-state index in [1.54, 1.807) is 18.5 Å². The molecule has 1 saturated heterocycles. The Hall–Kier alpha value is -1.79. The molecule has 0 spiro atoms. The molecule has 21 heavy (non-hydrogen) atoms. The molecule has 2 aromatic rings. The summed E-state index contributed by atoms with van der Waals surface area (Å²) in [5, 5.41) is 14.5. The van der Waals surface area contributed by atoms with Crippen molar-refractivity contribution in [2.45, 2.75) is 31.5 Å². The lowest BCUT2D eigenvalue weighted by molar-refractivity contribution is 0.100. The normalized spacial score (nSPS) is 20.8. The molecule has 5 nitrogen and oxygen atoms in total. The molecule has 0 saturated carbocycles. The summed E-state index contributed by atoms with van der Waals surface area (Å²) < 4.78 is 14.7. The molecule has 0 unspecified atom stereocenters. The number of rotatable bonds is 5. The molecule has 2 heterocycles. The van der Waals surface area contributed by atoms with Crippen LogP contribution in [0.1, 0.15) is 24.5 Å². The third kappa shape index (κ3) is 3.46. The average Bonchev–Trinajstić information content (AvgIpc) is 3.13. The van der Waals surface area contributed by atoms with Crippen LogP contribution in [0.2, 0.25) is 0 Å². The van der Waals surface area contributed by atoms with Crippen molar-refractivity contribution in [3.63, 3.8) is 0 Å². The molecule has 1 aromatic heterocycles. The van der Waals surface area contributed by atoms with Crippen molar-refractivity contribution >= 4 is 0 Å². The first-order valence-electron chi connectivity index (χ1n) is 7.22. The fourth-order valence-electron chi connectivity index (χ4n) is 2.90. The second-order valence-corrected chi connectivity index (χ2v) is 5.48.